The van der Waals surface area contributed by atoms with Crippen molar-refractivity contribution in [1.82, 2.24) is 4.57 Å². The molecule has 0 spiro atoms. The molecular weight excluding hydrogens is 334 g/mol. The second-order valence-electron chi connectivity index (χ2n) is 7.20. The molecule has 0 unspecified atom stereocenters. The fraction of sp³-hybridized carbons (Fsp3) is 0.261. The minimum atomic E-state index is -0.393. The lowest BCUT2D eigenvalue weighted by molar-refractivity contribution is 0.100. The second kappa shape index (κ2) is 7.70. The number of hydrogen-bond donors (Lipinski definition) is 2. The van der Waals surface area contributed by atoms with Crippen LogP contribution in [0.1, 0.15) is 42.5 Å². The minimum absolute atomic E-state index is 0.393. The number of anilines is 1. The number of aromatic nitrogens is 1. The van der Waals surface area contributed by atoms with E-state index in [2.05, 4.69) is 28.1 Å². The Balaban J connectivity index is 1.71. The lowest BCUT2D eigenvalue weighted by Gasteiger charge is -2.25. The van der Waals surface area contributed by atoms with Crippen molar-refractivity contribution in [2.75, 3.05) is 5.32 Å². The molecule has 138 valence electrons. The van der Waals surface area contributed by atoms with Gasteiger partial charge in [-0.1, -0.05) is 49.6 Å². The van der Waals surface area contributed by atoms with E-state index in [1.54, 1.807) is 0 Å². The van der Waals surface area contributed by atoms with Crippen LogP contribution in [0.25, 0.3) is 16.9 Å². The van der Waals surface area contributed by atoms with Crippen molar-refractivity contribution < 1.29 is 4.79 Å². The van der Waals surface area contributed by atoms with E-state index in [1.165, 1.54) is 19.3 Å². The molecule has 3 N–H and O–H groups in total. The van der Waals surface area contributed by atoms with E-state index in [4.69, 9.17) is 5.73 Å². The summed E-state index contributed by atoms with van der Waals surface area (Å²) in [4.78, 5) is 11.9. The molecule has 4 nitrogen and oxygen atoms in total. The fourth-order valence-electron chi connectivity index (χ4n) is 3.93. The van der Waals surface area contributed by atoms with Crippen molar-refractivity contribution >= 4 is 11.6 Å². The van der Waals surface area contributed by atoms with Gasteiger partial charge in [-0.3, -0.25) is 4.79 Å². The highest BCUT2D eigenvalue weighted by Gasteiger charge is 2.17. The summed E-state index contributed by atoms with van der Waals surface area (Å²) in [6.07, 6.45) is 8.09. The van der Waals surface area contributed by atoms with E-state index in [0.717, 1.165) is 35.5 Å². The molecule has 0 bridgehead atoms. The van der Waals surface area contributed by atoms with Gasteiger partial charge in [0.2, 0.25) is 0 Å². The maximum atomic E-state index is 11.9. The predicted molar refractivity (Wildman–Crippen MR) is 110 cm³/mol. The largest absolute Gasteiger partial charge is 0.382 e. The van der Waals surface area contributed by atoms with E-state index >= 15 is 0 Å². The summed E-state index contributed by atoms with van der Waals surface area (Å²) in [5.74, 6) is -0.393. The third-order valence-electron chi connectivity index (χ3n) is 5.33. The molecule has 0 saturated heterocycles. The molecule has 1 fully saturated rings. The number of carbonyl (C=O) groups excluding carboxylic acids is 1. The topological polar surface area (TPSA) is 60.1 Å². The number of carbonyl (C=O) groups is 1. The first-order valence-electron chi connectivity index (χ1n) is 9.66. The minimum Gasteiger partial charge on any atom is -0.382 e. The van der Waals surface area contributed by atoms with Crippen molar-refractivity contribution in [3.63, 3.8) is 0 Å². The molecule has 1 heterocycles. The van der Waals surface area contributed by atoms with Gasteiger partial charge in [0.05, 0.1) is 11.3 Å². The zero-order valence-electron chi connectivity index (χ0n) is 15.4. The van der Waals surface area contributed by atoms with Gasteiger partial charge >= 0.3 is 0 Å². The van der Waals surface area contributed by atoms with Crippen LogP contribution < -0.4 is 11.1 Å². The third-order valence-corrected chi connectivity index (χ3v) is 5.33. The molecule has 1 saturated carbocycles. The molecule has 0 atom stereocenters. The normalized spacial score (nSPS) is 14.8. The highest BCUT2D eigenvalue weighted by Crippen LogP contribution is 2.29. The molecule has 1 amide bonds. The summed E-state index contributed by atoms with van der Waals surface area (Å²) in [5.41, 5.74) is 10.3. The molecule has 2 aromatic carbocycles. The number of benzene rings is 2. The van der Waals surface area contributed by atoms with Crippen LogP contribution in [-0.2, 0) is 0 Å². The molecule has 0 radical (unpaired) electrons. The Morgan fingerprint density at radius 2 is 1.74 bits per heavy atom. The van der Waals surface area contributed by atoms with Gasteiger partial charge in [-0.15, -0.1) is 0 Å². The van der Waals surface area contributed by atoms with Crippen LogP contribution in [0.5, 0.6) is 0 Å². The zero-order valence-corrected chi connectivity index (χ0v) is 15.4. The quantitative estimate of drug-likeness (QED) is 0.674. The average Bonchev–Trinajstić information content (AvgIpc) is 3.19. The van der Waals surface area contributed by atoms with Crippen molar-refractivity contribution in [3.8, 4) is 16.9 Å². The Hall–Kier alpha value is -3.01. The van der Waals surface area contributed by atoms with Crippen molar-refractivity contribution in [3.05, 3.63) is 72.4 Å². The van der Waals surface area contributed by atoms with Crippen LogP contribution in [-0.4, -0.2) is 16.5 Å². The van der Waals surface area contributed by atoms with Gasteiger partial charge in [0.1, 0.15) is 0 Å². The van der Waals surface area contributed by atoms with Crippen LogP contribution in [0.15, 0.2) is 66.9 Å². The number of nitrogens with two attached hydrogens (primary N) is 1. The van der Waals surface area contributed by atoms with Crippen LogP contribution in [0, 0.1) is 0 Å². The lowest BCUT2D eigenvalue weighted by atomic mass is 9.95. The maximum absolute atomic E-state index is 11.9. The van der Waals surface area contributed by atoms with E-state index in [9.17, 15) is 4.79 Å². The van der Waals surface area contributed by atoms with E-state index in [-0.39, 0.29) is 0 Å². The van der Waals surface area contributed by atoms with Crippen molar-refractivity contribution in [2.24, 2.45) is 5.73 Å². The van der Waals surface area contributed by atoms with E-state index in [0.29, 0.717) is 11.6 Å². The molecule has 27 heavy (non-hydrogen) atoms. The molecule has 1 aliphatic rings. The monoisotopic (exact) mass is 359 g/mol. The van der Waals surface area contributed by atoms with Gasteiger partial charge in [-0.05, 0) is 48.7 Å². The van der Waals surface area contributed by atoms with Gasteiger partial charge in [0.25, 0.3) is 5.91 Å². The van der Waals surface area contributed by atoms with Crippen molar-refractivity contribution in [2.45, 2.75) is 38.1 Å². The SMILES string of the molecule is NC(=O)c1ccc(-n2cccc2-c2ccccc2)cc1NC1CCCCC1. The summed E-state index contributed by atoms with van der Waals surface area (Å²) < 4.78 is 2.14. The van der Waals surface area contributed by atoms with Crippen LogP contribution in [0.2, 0.25) is 0 Å². The number of nitrogens with one attached hydrogen (secondary N) is 1. The van der Waals surface area contributed by atoms with Crippen LogP contribution >= 0.6 is 0 Å². The Bertz CT molecular complexity index is 924. The first kappa shape index (κ1) is 17.4. The smallest absolute Gasteiger partial charge is 0.250 e. The summed E-state index contributed by atoms with van der Waals surface area (Å²) in [6.45, 7) is 0. The predicted octanol–water partition coefficient (Wildman–Crippen LogP) is 4.99. The number of rotatable bonds is 5. The van der Waals surface area contributed by atoms with Crippen LogP contribution in [0.3, 0.4) is 0 Å². The van der Waals surface area contributed by atoms with Gasteiger partial charge < -0.3 is 15.6 Å². The molecule has 4 rings (SSSR count). The Kier molecular flexibility index (Phi) is 4.97. The Labute approximate surface area is 160 Å². The summed E-state index contributed by atoms with van der Waals surface area (Å²) >= 11 is 0. The molecule has 1 aliphatic carbocycles. The standard InChI is InChI=1S/C23H25N3O/c24-23(27)20-14-13-19(16-21(20)25-18-10-5-2-6-11-18)26-15-7-12-22(26)17-8-3-1-4-9-17/h1,3-4,7-9,12-16,18,25H,2,5-6,10-11H2,(H2,24,27). The molecule has 4 heteroatoms. The number of amides is 1. The third kappa shape index (κ3) is 3.75. The Morgan fingerprint density at radius 3 is 2.48 bits per heavy atom. The van der Waals surface area contributed by atoms with E-state index in [1.807, 2.05) is 48.7 Å². The summed E-state index contributed by atoms with van der Waals surface area (Å²) in [5, 5.41) is 3.58. The molecule has 3 aromatic rings. The lowest BCUT2D eigenvalue weighted by Crippen LogP contribution is -2.24. The average molecular weight is 359 g/mol. The number of nitrogens with zero attached hydrogens (tertiary/aromatic N) is 1. The van der Waals surface area contributed by atoms with Gasteiger partial charge in [-0.25, -0.2) is 0 Å². The number of primary amides is 1. The summed E-state index contributed by atoms with van der Waals surface area (Å²) in [6, 6.07) is 20.7. The molecule has 1 aromatic heterocycles. The van der Waals surface area contributed by atoms with Crippen LogP contribution in [0.4, 0.5) is 5.69 Å². The van der Waals surface area contributed by atoms with Gasteiger partial charge in [-0.2, -0.15) is 0 Å². The van der Waals surface area contributed by atoms with Crippen molar-refractivity contribution in [1.29, 1.82) is 0 Å². The maximum Gasteiger partial charge on any atom is 0.250 e. The molecular formula is C23H25N3O. The highest BCUT2D eigenvalue weighted by atomic mass is 16.1. The van der Waals surface area contributed by atoms with Gasteiger partial charge in [0, 0.05) is 23.6 Å². The first-order chi connectivity index (χ1) is 13.2. The second-order valence-corrected chi connectivity index (χ2v) is 7.20. The van der Waals surface area contributed by atoms with E-state index < -0.39 is 5.91 Å². The van der Waals surface area contributed by atoms with Gasteiger partial charge in [0.15, 0.2) is 0 Å². The zero-order chi connectivity index (χ0) is 18.6. The molecule has 0 aliphatic heterocycles. The highest BCUT2D eigenvalue weighted by molar-refractivity contribution is 5.99. The first-order valence-corrected chi connectivity index (χ1v) is 9.66. The number of hydrogen-bond acceptors (Lipinski definition) is 2. The summed E-state index contributed by atoms with van der Waals surface area (Å²) in [7, 11) is 0. The Morgan fingerprint density at radius 1 is 0.963 bits per heavy atom. The fourth-order valence-corrected chi connectivity index (χ4v) is 3.93.